The fourth-order valence-corrected chi connectivity index (χ4v) is 1.24. The number of hydrogen-bond acceptors (Lipinski definition) is 2. The summed E-state index contributed by atoms with van der Waals surface area (Å²) in [6.07, 6.45) is 1.87. The van der Waals surface area contributed by atoms with Gasteiger partial charge in [-0.2, -0.15) is 0 Å². The average molecular weight is 205 g/mol. The molecule has 0 N–H and O–H groups in total. The lowest BCUT2D eigenvalue weighted by molar-refractivity contribution is 0.409. The van der Waals surface area contributed by atoms with Gasteiger partial charge >= 0.3 is 0 Å². The van der Waals surface area contributed by atoms with E-state index in [-0.39, 0.29) is 5.41 Å². The van der Waals surface area contributed by atoms with Crippen molar-refractivity contribution in [2.75, 3.05) is 0 Å². The van der Waals surface area contributed by atoms with E-state index in [4.69, 9.17) is 4.74 Å². The maximum absolute atomic E-state index is 5.41. The fourth-order valence-electron chi connectivity index (χ4n) is 1.24. The van der Waals surface area contributed by atoms with Crippen LogP contribution in [0, 0.1) is 6.92 Å². The van der Waals surface area contributed by atoms with Gasteiger partial charge in [0.25, 0.3) is 0 Å². The Bertz CT molecular complexity index is 375. The number of hydrogen-bond donors (Lipinski definition) is 0. The van der Waals surface area contributed by atoms with E-state index in [9.17, 15) is 0 Å². The highest BCUT2D eigenvalue weighted by Gasteiger charge is 2.15. The van der Waals surface area contributed by atoms with Crippen molar-refractivity contribution in [1.82, 2.24) is 4.98 Å². The molecule has 0 spiro atoms. The number of aryl methyl sites for hydroxylation is 1. The van der Waals surface area contributed by atoms with E-state index in [1.807, 2.05) is 20.0 Å². The van der Waals surface area contributed by atoms with Crippen LogP contribution in [0.4, 0.5) is 0 Å². The van der Waals surface area contributed by atoms with E-state index in [1.165, 1.54) is 5.56 Å². The molecule has 1 heterocycles. The van der Waals surface area contributed by atoms with Gasteiger partial charge in [-0.25, -0.2) is 4.98 Å². The summed E-state index contributed by atoms with van der Waals surface area (Å²) >= 11 is 0. The van der Waals surface area contributed by atoms with Crippen LogP contribution < -0.4 is 4.74 Å². The molecular formula is C13H19NO. The van der Waals surface area contributed by atoms with Gasteiger partial charge in [0, 0.05) is 11.8 Å². The highest BCUT2D eigenvalue weighted by atomic mass is 16.5. The molecule has 0 aliphatic carbocycles. The number of ether oxygens (including phenoxy) is 1. The predicted molar refractivity (Wildman–Crippen MR) is 63.1 cm³/mol. The molecule has 0 fully saturated rings. The minimum atomic E-state index is 0.125. The summed E-state index contributed by atoms with van der Waals surface area (Å²) in [5.41, 5.74) is 2.39. The zero-order valence-corrected chi connectivity index (χ0v) is 10.2. The first-order chi connectivity index (χ1) is 6.80. The molecule has 0 saturated carbocycles. The Labute approximate surface area is 92.0 Å². The molecule has 1 aromatic heterocycles. The quantitative estimate of drug-likeness (QED) is 0.688. The van der Waals surface area contributed by atoms with Gasteiger partial charge in [-0.15, -0.1) is 0 Å². The van der Waals surface area contributed by atoms with Crippen molar-refractivity contribution in [1.29, 1.82) is 0 Å². The molecule has 0 atom stereocenters. The van der Waals surface area contributed by atoms with E-state index in [2.05, 4.69) is 38.4 Å². The Hall–Kier alpha value is -1.31. The molecular weight excluding hydrogens is 186 g/mol. The third kappa shape index (κ3) is 3.08. The largest absolute Gasteiger partial charge is 0.444 e. The van der Waals surface area contributed by atoms with Crippen LogP contribution in [0.3, 0.4) is 0 Å². The molecule has 0 radical (unpaired) electrons. The number of allylic oxidation sites excluding steroid dienone is 1. The minimum absolute atomic E-state index is 0.125. The predicted octanol–water partition coefficient (Wildman–Crippen LogP) is 3.60. The Morgan fingerprint density at radius 2 is 2.00 bits per heavy atom. The van der Waals surface area contributed by atoms with Crippen molar-refractivity contribution in [2.45, 2.75) is 40.0 Å². The van der Waals surface area contributed by atoms with E-state index in [1.54, 1.807) is 0 Å². The van der Waals surface area contributed by atoms with Crippen molar-refractivity contribution < 1.29 is 4.74 Å². The Morgan fingerprint density at radius 1 is 1.40 bits per heavy atom. The highest BCUT2D eigenvalue weighted by Crippen LogP contribution is 2.25. The van der Waals surface area contributed by atoms with Crippen LogP contribution in [0.15, 0.2) is 24.6 Å². The number of pyridine rings is 1. The molecule has 2 nitrogen and oxygen atoms in total. The van der Waals surface area contributed by atoms with Gasteiger partial charge < -0.3 is 4.74 Å². The minimum Gasteiger partial charge on any atom is -0.444 e. The molecule has 0 unspecified atom stereocenters. The SMILES string of the molecule is C=C(C)Oc1ncc(C(C)(C)C)cc1C. The molecule has 0 aliphatic heterocycles. The van der Waals surface area contributed by atoms with Crippen molar-refractivity contribution in [2.24, 2.45) is 0 Å². The Balaban J connectivity index is 3.03. The molecule has 2 heteroatoms. The summed E-state index contributed by atoms with van der Waals surface area (Å²) in [6, 6.07) is 2.12. The highest BCUT2D eigenvalue weighted by molar-refractivity contribution is 5.32. The lowest BCUT2D eigenvalue weighted by Gasteiger charge is -2.19. The van der Waals surface area contributed by atoms with E-state index >= 15 is 0 Å². The molecule has 0 saturated heterocycles. The Morgan fingerprint density at radius 3 is 2.40 bits per heavy atom. The molecule has 0 aliphatic rings. The zero-order valence-electron chi connectivity index (χ0n) is 10.2. The van der Waals surface area contributed by atoms with Crippen LogP contribution in [0.1, 0.15) is 38.8 Å². The molecule has 1 rings (SSSR count). The van der Waals surface area contributed by atoms with Gasteiger partial charge in [0.05, 0.1) is 5.76 Å². The van der Waals surface area contributed by atoms with Crippen LogP contribution >= 0.6 is 0 Å². The molecule has 1 aromatic rings. The van der Waals surface area contributed by atoms with Crippen molar-refractivity contribution in [3.63, 3.8) is 0 Å². The first kappa shape index (κ1) is 11.8. The van der Waals surface area contributed by atoms with Crippen LogP contribution in [0.25, 0.3) is 0 Å². The number of nitrogens with zero attached hydrogens (tertiary/aromatic N) is 1. The van der Waals surface area contributed by atoms with Gasteiger partial charge in [0.1, 0.15) is 0 Å². The normalized spacial score (nSPS) is 11.3. The lowest BCUT2D eigenvalue weighted by atomic mass is 9.88. The number of aromatic nitrogens is 1. The standard InChI is InChI=1S/C13H19NO/c1-9(2)15-12-10(3)7-11(8-14-12)13(4,5)6/h7-8H,1H2,2-6H3. The van der Waals surface area contributed by atoms with Crippen LogP contribution in [-0.2, 0) is 5.41 Å². The second kappa shape index (κ2) is 4.05. The summed E-state index contributed by atoms with van der Waals surface area (Å²) in [6.45, 7) is 14.0. The van der Waals surface area contributed by atoms with Gasteiger partial charge in [0.2, 0.25) is 5.88 Å². The molecule has 0 bridgehead atoms. The number of rotatable bonds is 2. The zero-order chi connectivity index (χ0) is 11.6. The average Bonchev–Trinajstić information content (AvgIpc) is 2.05. The van der Waals surface area contributed by atoms with Crippen molar-refractivity contribution >= 4 is 0 Å². The third-order valence-corrected chi connectivity index (χ3v) is 2.17. The maximum Gasteiger partial charge on any atom is 0.221 e. The van der Waals surface area contributed by atoms with Crippen LogP contribution in [0.5, 0.6) is 5.88 Å². The van der Waals surface area contributed by atoms with Crippen molar-refractivity contribution in [3.05, 3.63) is 35.7 Å². The topological polar surface area (TPSA) is 22.1 Å². The van der Waals surface area contributed by atoms with Gasteiger partial charge in [-0.3, -0.25) is 0 Å². The summed E-state index contributed by atoms with van der Waals surface area (Å²) in [5, 5.41) is 0. The van der Waals surface area contributed by atoms with Gasteiger partial charge in [-0.05, 0) is 30.9 Å². The molecule has 0 aromatic carbocycles. The van der Waals surface area contributed by atoms with Crippen LogP contribution in [-0.4, -0.2) is 4.98 Å². The van der Waals surface area contributed by atoms with E-state index in [0.29, 0.717) is 11.6 Å². The molecule has 0 amide bonds. The smallest absolute Gasteiger partial charge is 0.221 e. The molecule has 15 heavy (non-hydrogen) atoms. The lowest BCUT2D eigenvalue weighted by Crippen LogP contribution is -2.12. The first-order valence-electron chi connectivity index (χ1n) is 5.11. The monoisotopic (exact) mass is 205 g/mol. The van der Waals surface area contributed by atoms with E-state index in [0.717, 1.165) is 5.56 Å². The van der Waals surface area contributed by atoms with Gasteiger partial charge in [0.15, 0.2) is 0 Å². The van der Waals surface area contributed by atoms with E-state index < -0.39 is 0 Å². The third-order valence-electron chi connectivity index (χ3n) is 2.17. The second-order valence-corrected chi connectivity index (χ2v) is 4.90. The summed E-state index contributed by atoms with van der Waals surface area (Å²) in [4.78, 5) is 4.30. The summed E-state index contributed by atoms with van der Waals surface area (Å²) < 4.78 is 5.41. The Kier molecular flexibility index (Phi) is 3.18. The first-order valence-corrected chi connectivity index (χ1v) is 5.11. The summed E-state index contributed by atoms with van der Waals surface area (Å²) in [7, 11) is 0. The second-order valence-electron chi connectivity index (χ2n) is 4.90. The summed E-state index contributed by atoms with van der Waals surface area (Å²) in [5.74, 6) is 1.31. The van der Waals surface area contributed by atoms with Gasteiger partial charge in [-0.1, -0.05) is 27.4 Å². The van der Waals surface area contributed by atoms with Crippen LogP contribution in [0.2, 0.25) is 0 Å². The fraction of sp³-hybridized carbons (Fsp3) is 0.462. The van der Waals surface area contributed by atoms with Crippen molar-refractivity contribution in [3.8, 4) is 5.88 Å². The maximum atomic E-state index is 5.41. The molecule has 82 valence electrons.